The molecule has 0 radical (unpaired) electrons. The van der Waals surface area contributed by atoms with Crippen molar-refractivity contribution >= 4 is 11.3 Å². The first kappa shape index (κ1) is 11.7. The van der Waals surface area contributed by atoms with Gasteiger partial charge in [-0.05, 0) is 50.1 Å². The van der Waals surface area contributed by atoms with E-state index >= 15 is 0 Å². The van der Waals surface area contributed by atoms with Gasteiger partial charge in [0.15, 0.2) is 0 Å². The molecule has 1 aromatic rings. The highest BCUT2D eigenvalue weighted by atomic mass is 32.1. The molecule has 1 saturated carbocycles. The molecule has 0 spiro atoms. The summed E-state index contributed by atoms with van der Waals surface area (Å²) in [5.41, 5.74) is 0. The number of nitrogens with one attached hydrogen (secondary N) is 1. The molecule has 1 aliphatic heterocycles. The molecule has 1 atom stereocenters. The van der Waals surface area contributed by atoms with Crippen LogP contribution in [-0.2, 0) is 6.42 Å². The van der Waals surface area contributed by atoms with Gasteiger partial charge in [-0.25, -0.2) is 0 Å². The lowest BCUT2D eigenvalue weighted by molar-refractivity contribution is 0.250. The van der Waals surface area contributed by atoms with Gasteiger partial charge in [0.25, 0.3) is 0 Å². The van der Waals surface area contributed by atoms with Crippen LogP contribution in [0.5, 0.6) is 0 Å². The Labute approximate surface area is 108 Å². The molecule has 1 aliphatic carbocycles. The van der Waals surface area contributed by atoms with E-state index in [1.54, 1.807) is 0 Å². The van der Waals surface area contributed by atoms with Gasteiger partial charge in [-0.15, -0.1) is 11.3 Å². The minimum Gasteiger partial charge on any atom is -0.312 e. The highest BCUT2D eigenvalue weighted by Gasteiger charge is 2.27. The van der Waals surface area contributed by atoms with E-state index in [-0.39, 0.29) is 0 Å². The van der Waals surface area contributed by atoms with E-state index in [0.717, 1.165) is 12.1 Å². The predicted octanol–water partition coefficient (Wildman–Crippen LogP) is 2.51. The summed E-state index contributed by atoms with van der Waals surface area (Å²) in [4.78, 5) is 4.22. The van der Waals surface area contributed by atoms with Gasteiger partial charge in [-0.2, -0.15) is 0 Å². The average molecular weight is 250 g/mol. The first-order valence-corrected chi connectivity index (χ1v) is 7.79. The van der Waals surface area contributed by atoms with Gasteiger partial charge < -0.3 is 5.32 Å². The lowest BCUT2D eigenvalue weighted by Crippen LogP contribution is -2.39. The highest BCUT2D eigenvalue weighted by molar-refractivity contribution is 7.09. The quantitative estimate of drug-likeness (QED) is 0.834. The summed E-state index contributed by atoms with van der Waals surface area (Å²) in [5.74, 6) is 0. The number of thiophene rings is 1. The first-order chi connectivity index (χ1) is 8.42. The number of likely N-dealkylation sites (tertiary alicyclic amines) is 1. The van der Waals surface area contributed by atoms with Crippen molar-refractivity contribution in [3.8, 4) is 0 Å². The van der Waals surface area contributed by atoms with E-state index in [4.69, 9.17) is 0 Å². The molecule has 2 heterocycles. The third kappa shape index (κ3) is 3.30. The second kappa shape index (κ2) is 5.51. The third-order valence-electron chi connectivity index (χ3n) is 3.94. The van der Waals surface area contributed by atoms with E-state index in [2.05, 4.69) is 27.7 Å². The van der Waals surface area contributed by atoms with Gasteiger partial charge >= 0.3 is 0 Å². The molecule has 0 amide bonds. The predicted molar refractivity (Wildman–Crippen MR) is 73.6 cm³/mol. The summed E-state index contributed by atoms with van der Waals surface area (Å²) < 4.78 is 0. The minimum atomic E-state index is 0.801. The lowest BCUT2D eigenvalue weighted by Gasteiger charge is -2.24. The Morgan fingerprint density at radius 2 is 2.29 bits per heavy atom. The Morgan fingerprint density at radius 3 is 3.06 bits per heavy atom. The van der Waals surface area contributed by atoms with Gasteiger partial charge in [0.05, 0.1) is 0 Å². The van der Waals surface area contributed by atoms with Crippen molar-refractivity contribution in [3.63, 3.8) is 0 Å². The fourth-order valence-corrected chi connectivity index (χ4v) is 3.42. The summed E-state index contributed by atoms with van der Waals surface area (Å²) in [6.07, 6.45) is 6.83. The Bertz CT molecular complexity index is 332. The Morgan fingerprint density at radius 1 is 1.35 bits per heavy atom. The molecule has 1 unspecified atom stereocenters. The fourth-order valence-electron chi connectivity index (χ4n) is 2.72. The van der Waals surface area contributed by atoms with Crippen molar-refractivity contribution in [3.05, 3.63) is 22.4 Å². The van der Waals surface area contributed by atoms with Crippen LogP contribution < -0.4 is 5.32 Å². The standard InChI is InChI=1S/C14H22N2S/c1-3-13(11-15-12-5-6-12)16(8-1)9-7-14-4-2-10-17-14/h2,4,10,12-13,15H,1,3,5-9,11H2. The summed E-state index contributed by atoms with van der Waals surface area (Å²) in [7, 11) is 0. The Balaban J connectivity index is 1.44. The molecule has 0 bridgehead atoms. The van der Waals surface area contributed by atoms with Crippen molar-refractivity contribution in [1.82, 2.24) is 10.2 Å². The number of rotatable bonds is 6. The van der Waals surface area contributed by atoms with Gasteiger partial charge in [0, 0.05) is 30.1 Å². The van der Waals surface area contributed by atoms with E-state index in [1.165, 1.54) is 56.6 Å². The van der Waals surface area contributed by atoms with Gasteiger partial charge in [0.1, 0.15) is 0 Å². The molecule has 3 rings (SSSR count). The molecule has 3 heteroatoms. The van der Waals surface area contributed by atoms with Crippen LogP contribution in [0.25, 0.3) is 0 Å². The maximum absolute atomic E-state index is 3.68. The van der Waals surface area contributed by atoms with Crippen LogP contribution in [0.4, 0.5) is 0 Å². The van der Waals surface area contributed by atoms with Crippen molar-refractivity contribution < 1.29 is 0 Å². The van der Waals surface area contributed by atoms with Gasteiger partial charge in [-0.1, -0.05) is 6.07 Å². The monoisotopic (exact) mass is 250 g/mol. The lowest BCUT2D eigenvalue weighted by atomic mass is 10.2. The summed E-state index contributed by atoms with van der Waals surface area (Å²) in [6, 6.07) is 6.08. The Hall–Kier alpha value is -0.380. The zero-order valence-corrected chi connectivity index (χ0v) is 11.2. The minimum absolute atomic E-state index is 0.801. The Kier molecular flexibility index (Phi) is 3.79. The molecular formula is C14H22N2S. The molecule has 2 aliphatic rings. The smallest absolute Gasteiger partial charge is 0.0221 e. The van der Waals surface area contributed by atoms with Gasteiger partial charge in [0.2, 0.25) is 0 Å². The number of nitrogens with zero attached hydrogens (tertiary/aromatic N) is 1. The highest BCUT2D eigenvalue weighted by Crippen LogP contribution is 2.22. The SMILES string of the molecule is c1csc(CCN2CCCC2CNC2CC2)c1. The van der Waals surface area contributed by atoms with Crippen molar-refractivity contribution in [2.45, 2.75) is 44.2 Å². The second-order valence-corrected chi connectivity index (χ2v) is 6.38. The topological polar surface area (TPSA) is 15.3 Å². The largest absolute Gasteiger partial charge is 0.312 e. The molecule has 17 heavy (non-hydrogen) atoms. The van der Waals surface area contributed by atoms with Crippen molar-refractivity contribution in [1.29, 1.82) is 0 Å². The molecule has 0 aromatic carbocycles. The van der Waals surface area contributed by atoms with Crippen LogP contribution in [0, 0.1) is 0 Å². The third-order valence-corrected chi connectivity index (χ3v) is 4.88. The van der Waals surface area contributed by atoms with Crippen molar-refractivity contribution in [2.24, 2.45) is 0 Å². The normalized spacial score (nSPS) is 25.5. The number of hydrogen-bond acceptors (Lipinski definition) is 3. The summed E-state index contributed by atoms with van der Waals surface area (Å²) >= 11 is 1.89. The van der Waals surface area contributed by atoms with Gasteiger partial charge in [-0.3, -0.25) is 4.90 Å². The maximum Gasteiger partial charge on any atom is 0.0221 e. The molecule has 2 nitrogen and oxygen atoms in total. The zero-order chi connectivity index (χ0) is 11.5. The van der Waals surface area contributed by atoms with Crippen LogP contribution in [0.2, 0.25) is 0 Å². The molecule has 1 N–H and O–H groups in total. The van der Waals surface area contributed by atoms with Crippen LogP contribution in [0.3, 0.4) is 0 Å². The van der Waals surface area contributed by atoms with Crippen LogP contribution in [0.15, 0.2) is 17.5 Å². The molecule has 1 aromatic heterocycles. The van der Waals surface area contributed by atoms with Crippen LogP contribution in [0.1, 0.15) is 30.6 Å². The van der Waals surface area contributed by atoms with E-state index < -0.39 is 0 Å². The molecule has 94 valence electrons. The number of hydrogen-bond donors (Lipinski definition) is 1. The summed E-state index contributed by atoms with van der Waals surface area (Å²) in [5, 5.41) is 5.87. The fraction of sp³-hybridized carbons (Fsp3) is 0.714. The zero-order valence-electron chi connectivity index (χ0n) is 10.4. The van der Waals surface area contributed by atoms with Crippen molar-refractivity contribution in [2.75, 3.05) is 19.6 Å². The molecule has 1 saturated heterocycles. The van der Waals surface area contributed by atoms with Crippen LogP contribution >= 0.6 is 11.3 Å². The first-order valence-electron chi connectivity index (χ1n) is 6.91. The van der Waals surface area contributed by atoms with Crippen LogP contribution in [-0.4, -0.2) is 36.6 Å². The van der Waals surface area contributed by atoms with E-state index in [0.29, 0.717) is 0 Å². The molecule has 2 fully saturated rings. The second-order valence-electron chi connectivity index (χ2n) is 5.34. The average Bonchev–Trinajstić information content (AvgIpc) is 2.86. The van der Waals surface area contributed by atoms with E-state index in [1.807, 2.05) is 11.3 Å². The summed E-state index contributed by atoms with van der Waals surface area (Å²) in [6.45, 7) is 3.77. The maximum atomic E-state index is 3.68. The molecular weight excluding hydrogens is 228 g/mol. The van der Waals surface area contributed by atoms with E-state index in [9.17, 15) is 0 Å².